The van der Waals surface area contributed by atoms with Crippen molar-refractivity contribution in [2.24, 2.45) is 17.3 Å². The molecule has 5 atom stereocenters. The van der Waals surface area contributed by atoms with Crippen LogP contribution in [0.2, 0.25) is 54.4 Å². The number of hydrogen-bond donors (Lipinski definition) is 1. The number of ketones is 1. The van der Waals surface area contributed by atoms with Gasteiger partial charge in [0.15, 0.2) is 25.0 Å². The third-order valence-corrected chi connectivity index (χ3v) is 27.3. The predicted molar refractivity (Wildman–Crippen MR) is 243 cm³/mol. The molecule has 0 amide bonds. The number of Topliss-reactive ketones (excluding diaryl/α,β-unsaturated/α-hetero) is 1. The van der Waals surface area contributed by atoms with Gasteiger partial charge in [0.25, 0.3) is 0 Å². The Kier molecular flexibility index (Phi) is 18.8. The Morgan fingerprint density at radius 1 is 0.815 bits per heavy atom. The molecule has 0 saturated carbocycles. The molecule has 10 heteroatoms. The number of carbonyl (C=O) groups is 1. The molecule has 314 valence electrons. The smallest absolute Gasteiger partial charge is 0.192 e. The zero-order valence-corrected chi connectivity index (χ0v) is 42.7. The molecule has 0 bridgehead atoms. The second-order valence-corrected chi connectivity index (χ2v) is 36.6. The van der Waals surface area contributed by atoms with Gasteiger partial charge in [0.2, 0.25) is 0 Å². The number of aliphatic hydroxyl groups is 1. The fourth-order valence-corrected chi connectivity index (χ4v) is 10.9. The Morgan fingerprint density at radius 3 is 1.78 bits per heavy atom. The fourth-order valence-electron chi connectivity index (χ4n) is 6.03. The quantitative estimate of drug-likeness (QED) is 0.0756. The third kappa shape index (κ3) is 14.6. The van der Waals surface area contributed by atoms with E-state index in [2.05, 4.69) is 151 Å². The number of thiazole rings is 1. The number of unbranched alkanes of at least 4 members (excludes halogenated alkanes) is 1. The van der Waals surface area contributed by atoms with Crippen molar-refractivity contribution >= 4 is 48.1 Å². The van der Waals surface area contributed by atoms with E-state index in [4.69, 9.17) is 13.3 Å². The van der Waals surface area contributed by atoms with Gasteiger partial charge in [0.1, 0.15) is 5.78 Å². The molecular formula is C44H85NO5SSi3. The van der Waals surface area contributed by atoms with Crippen LogP contribution in [0.4, 0.5) is 0 Å². The number of hydrogen-bond acceptors (Lipinski definition) is 7. The van der Waals surface area contributed by atoms with Gasteiger partial charge in [-0.25, -0.2) is 4.98 Å². The number of nitrogens with zero attached hydrogens (tertiary/aromatic N) is 1. The van der Waals surface area contributed by atoms with E-state index in [0.717, 1.165) is 36.4 Å². The highest BCUT2D eigenvalue weighted by Gasteiger charge is 2.49. The predicted octanol–water partition coefficient (Wildman–Crippen LogP) is 13.4. The largest absolute Gasteiger partial charge is 0.413 e. The maximum Gasteiger partial charge on any atom is 0.192 e. The molecule has 0 spiro atoms. The van der Waals surface area contributed by atoms with Crippen molar-refractivity contribution in [2.45, 2.75) is 209 Å². The molecule has 6 nitrogen and oxygen atoms in total. The van der Waals surface area contributed by atoms with E-state index in [1.807, 2.05) is 20.8 Å². The Balaban J connectivity index is 3.25. The summed E-state index contributed by atoms with van der Waals surface area (Å²) < 4.78 is 21.1. The van der Waals surface area contributed by atoms with Gasteiger partial charge >= 0.3 is 0 Å². The van der Waals surface area contributed by atoms with Gasteiger partial charge in [-0.05, 0) is 118 Å². The molecule has 0 fully saturated rings. The number of aromatic nitrogens is 1. The van der Waals surface area contributed by atoms with Crippen molar-refractivity contribution < 1.29 is 23.2 Å². The molecule has 1 aromatic rings. The van der Waals surface area contributed by atoms with Gasteiger partial charge in [-0.1, -0.05) is 102 Å². The van der Waals surface area contributed by atoms with Crippen LogP contribution in [0.3, 0.4) is 0 Å². The summed E-state index contributed by atoms with van der Waals surface area (Å²) in [5.41, 5.74) is 1.45. The van der Waals surface area contributed by atoms with E-state index in [0.29, 0.717) is 6.42 Å². The van der Waals surface area contributed by atoms with Gasteiger partial charge in [-0.15, -0.1) is 11.3 Å². The first-order valence-electron chi connectivity index (χ1n) is 20.7. The summed E-state index contributed by atoms with van der Waals surface area (Å²) in [6, 6.07) is 0. The summed E-state index contributed by atoms with van der Waals surface area (Å²) in [5.74, 6) is 0.0498. The van der Waals surface area contributed by atoms with Crippen LogP contribution in [0.5, 0.6) is 0 Å². The molecule has 0 aliphatic heterocycles. The number of allylic oxidation sites excluding steroid dienone is 1. The van der Waals surface area contributed by atoms with Crippen molar-refractivity contribution in [3.05, 3.63) is 33.8 Å². The Morgan fingerprint density at radius 2 is 1.31 bits per heavy atom. The van der Waals surface area contributed by atoms with Gasteiger partial charge in [0, 0.05) is 23.3 Å². The highest BCUT2D eigenvalue weighted by atomic mass is 32.1. The SMILES string of the molecule is C/C(=C\c1csc(C)n1)[C@H](C/C=C\CCC[C@H](C)[C@H](O[Si](C)(C)C(C)(C)C)[C@@H](C)C(=O)C(C)(C)[C@H](CCO)O[Si](C)(C)C(C)(C)C)O[Si](C)(C)C(C)(C)C. The summed E-state index contributed by atoms with van der Waals surface area (Å²) in [4.78, 5) is 19.3. The second kappa shape index (κ2) is 19.8. The number of aryl methyl sites for hydroxylation is 1. The summed E-state index contributed by atoms with van der Waals surface area (Å²) >= 11 is 1.68. The maximum absolute atomic E-state index is 14.7. The minimum atomic E-state index is -2.20. The minimum absolute atomic E-state index is 0.00260. The monoisotopic (exact) mass is 824 g/mol. The molecule has 0 aliphatic rings. The molecule has 0 aromatic carbocycles. The second-order valence-electron chi connectivity index (χ2n) is 21.3. The van der Waals surface area contributed by atoms with E-state index >= 15 is 0 Å². The highest BCUT2D eigenvalue weighted by Crippen LogP contribution is 2.44. The molecular weight excluding hydrogens is 739 g/mol. The maximum atomic E-state index is 14.7. The van der Waals surface area contributed by atoms with Gasteiger partial charge < -0.3 is 18.4 Å². The average Bonchev–Trinajstić information content (AvgIpc) is 3.41. The standard InChI is InChI=1S/C44H85NO5SSi3/c1-32(26-24-22-23-25-27-37(48-52(16,17)41(5,6)7)33(2)30-36-31-51-35(4)45-36)39(50-54(20,21)43(11,12)13)34(3)40(47)44(14,15)38(28-29-46)49-53(18,19)42(8,9)10/h23,25,30-32,34,37-39,46H,22,24,26-29H2,1-21H3/b25-23-,33-30+/t32-,34+,37-,38-,39-/m0/s1. The van der Waals surface area contributed by atoms with Crippen LogP contribution in [-0.4, -0.2) is 65.7 Å². The summed E-state index contributed by atoms with van der Waals surface area (Å²) in [7, 11) is -6.39. The number of aliphatic hydroxyl groups excluding tert-OH is 1. The van der Waals surface area contributed by atoms with Crippen molar-refractivity contribution in [1.82, 2.24) is 4.98 Å². The van der Waals surface area contributed by atoms with Crippen LogP contribution in [0.1, 0.15) is 140 Å². The Bertz CT molecular complexity index is 1380. The molecule has 0 saturated heterocycles. The van der Waals surface area contributed by atoms with Crippen LogP contribution in [0.25, 0.3) is 6.08 Å². The Labute approximate surface area is 341 Å². The van der Waals surface area contributed by atoms with E-state index in [1.165, 1.54) is 5.57 Å². The first-order chi connectivity index (χ1) is 24.2. The summed E-state index contributed by atoms with van der Waals surface area (Å²) in [6.07, 6.45) is 10.5. The average molecular weight is 824 g/mol. The topological polar surface area (TPSA) is 77.9 Å². The molecule has 1 aromatic heterocycles. The van der Waals surface area contributed by atoms with Crippen LogP contribution in [0, 0.1) is 24.2 Å². The third-order valence-electron chi connectivity index (χ3n) is 13.1. The van der Waals surface area contributed by atoms with Crippen LogP contribution in [-0.2, 0) is 18.1 Å². The van der Waals surface area contributed by atoms with Gasteiger partial charge in [-0.2, -0.15) is 0 Å². The fraction of sp³-hybridized carbons (Fsp3) is 0.818. The molecule has 1 rings (SSSR count). The van der Waals surface area contributed by atoms with E-state index in [-0.39, 0.29) is 57.7 Å². The van der Waals surface area contributed by atoms with Crippen LogP contribution >= 0.6 is 11.3 Å². The molecule has 0 radical (unpaired) electrons. The van der Waals surface area contributed by atoms with E-state index < -0.39 is 30.4 Å². The Hall–Kier alpha value is -0.729. The normalized spacial score (nSPS) is 17.5. The zero-order valence-electron chi connectivity index (χ0n) is 38.9. The highest BCUT2D eigenvalue weighted by molar-refractivity contribution is 7.09. The summed E-state index contributed by atoms with van der Waals surface area (Å²) in [5, 5.41) is 13.4. The molecule has 1 N–H and O–H groups in total. The molecule has 1 heterocycles. The number of rotatable bonds is 21. The lowest BCUT2D eigenvalue weighted by atomic mass is 9.73. The van der Waals surface area contributed by atoms with Crippen molar-refractivity contribution in [3.63, 3.8) is 0 Å². The first kappa shape index (κ1) is 51.3. The lowest BCUT2D eigenvalue weighted by Crippen LogP contribution is -2.54. The molecule has 54 heavy (non-hydrogen) atoms. The molecule has 0 unspecified atom stereocenters. The summed E-state index contributed by atoms with van der Waals surface area (Å²) in [6.45, 7) is 46.7. The minimum Gasteiger partial charge on any atom is -0.413 e. The van der Waals surface area contributed by atoms with Gasteiger partial charge in [-0.3, -0.25) is 4.79 Å². The van der Waals surface area contributed by atoms with Crippen LogP contribution in [0.15, 0.2) is 23.1 Å². The van der Waals surface area contributed by atoms with Crippen molar-refractivity contribution in [2.75, 3.05) is 6.61 Å². The lowest BCUT2D eigenvalue weighted by molar-refractivity contribution is -0.141. The van der Waals surface area contributed by atoms with Crippen molar-refractivity contribution in [3.8, 4) is 0 Å². The zero-order chi connectivity index (χ0) is 42.3. The van der Waals surface area contributed by atoms with Crippen molar-refractivity contribution in [1.29, 1.82) is 0 Å². The van der Waals surface area contributed by atoms with E-state index in [1.54, 1.807) is 11.3 Å². The van der Waals surface area contributed by atoms with Crippen LogP contribution < -0.4 is 0 Å². The van der Waals surface area contributed by atoms with Gasteiger partial charge in [0.05, 0.1) is 29.0 Å². The number of carbonyl (C=O) groups excluding carboxylic acids is 1. The van der Waals surface area contributed by atoms with E-state index in [9.17, 15) is 9.90 Å². The first-order valence-corrected chi connectivity index (χ1v) is 30.3. The lowest BCUT2D eigenvalue weighted by Gasteiger charge is -2.46. The molecule has 0 aliphatic carbocycles.